The van der Waals surface area contributed by atoms with Crippen LogP contribution in [0.2, 0.25) is 0 Å². The molecular weight excluding hydrogens is 192 g/mol. The number of ether oxygens (including phenoxy) is 1. The highest BCUT2D eigenvalue weighted by molar-refractivity contribution is 5.89. The van der Waals surface area contributed by atoms with Crippen molar-refractivity contribution in [3.05, 3.63) is 48.0 Å². The predicted octanol–water partition coefficient (Wildman–Crippen LogP) is 1.49. The standard InChI is InChI=1S/C12H14O3/c1-9(12(14)15-2)11(8-13)10-6-4-3-5-7-10/h3-7,11,13H,1,8H2,2H3/t11-/m0/s1. The molecule has 3 nitrogen and oxygen atoms in total. The van der Waals surface area contributed by atoms with Crippen LogP contribution in [-0.4, -0.2) is 24.8 Å². The Bertz CT molecular complexity index is 343. The molecule has 0 radical (unpaired) electrons. The van der Waals surface area contributed by atoms with Crippen molar-refractivity contribution in [2.45, 2.75) is 5.92 Å². The van der Waals surface area contributed by atoms with Gasteiger partial charge in [-0.2, -0.15) is 0 Å². The van der Waals surface area contributed by atoms with Gasteiger partial charge in [0.05, 0.1) is 13.7 Å². The summed E-state index contributed by atoms with van der Waals surface area (Å²) in [5, 5.41) is 9.23. The van der Waals surface area contributed by atoms with E-state index in [2.05, 4.69) is 11.3 Å². The van der Waals surface area contributed by atoms with Gasteiger partial charge in [-0.3, -0.25) is 0 Å². The van der Waals surface area contributed by atoms with Gasteiger partial charge in [-0.05, 0) is 5.56 Å². The first kappa shape index (κ1) is 11.5. The molecule has 0 unspecified atom stereocenters. The molecule has 0 aromatic heterocycles. The first-order chi connectivity index (χ1) is 7.20. The Morgan fingerprint density at radius 2 is 2.07 bits per heavy atom. The Labute approximate surface area is 89.0 Å². The number of aliphatic hydroxyl groups is 1. The highest BCUT2D eigenvalue weighted by Crippen LogP contribution is 2.23. The summed E-state index contributed by atoms with van der Waals surface area (Å²) in [5.41, 5.74) is 1.13. The summed E-state index contributed by atoms with van der Waals surface area (Å²) in [6.45, 7) is 3.48. The molecule has 0 spiro atoms. The smallest absolute Gasteiger partial charge is 0.333 e. The van der Waals surface area contributed by atoms with E-state index in [1.54, 1.807) is 0 Å². The third-order valence-corrected chi connectivity index (χ3v) is 2.25. The summed E-state index contributed by atoms with van der Waals surface area (Å²) in [6, 6.07) is 9.26. The Morgan fingerprint density at radius 1 is 1.47 bits per heavy atom. The topological polar surface area (TPSA) is 46.5 Å². The van der Waals surface area contributed by atoms with Crippen molar-refractivity contribution in [1.82, 2.24) is 0 Å². The number of hydrogen-bond acceptors (Lipinski definition) is 3. The average Bonchev–Trinajstić information content (AvgIpc) is 2.30. The molecule has 0 bridgehead atoms. The molecule has 1 rings (SSSR count). The lowest BCUT2D eigenvalue weighted by Crippen LogP contribution is -2.15. The highest BCUT2D eigenvalue weighted by Gasteiger charge is 2.20. The number of carbonyl (C=O) groups excluding carboxylic acids is 1. The van der Waals surface area contributed by atoms with Crippen LogP contribution in [0.15, 0.2) is 42.5 Å². The van der Waals surface area contributed by atoms with Crippen LogP contribution < -0.4 is 0 Å². The second kappa shape index (κ2) is 5.32. The summed E-state index contributed by atoms with van der Waals surface area (Å²) in [5.74, 6) is -0.878. The van der Waals surface area contributed by atoms with E-state index in [0.29, 0.717) is 0 Å². The van der Waals surface area contributed by atoms with Crippen LogP contribution in [0.5, 0.6) is 0 Å². The molecule has 3 heteroatoms. The summed E-state index contributed by atoms with van der Waals surface area (Å²) in [6.07, 6.45) is 0. The number of hydrogen-bond donors (Lipinski definition) is 1. The van der Waals surface area contributed by atoms with Crippen LogP contribution in [-0.2, 0) is 9.53 Å². The summed E-state index contributed by atoms with van der Waals surface area (Å²) < 4.78 is 4.57. The van der Waals surface area contributed by atoms with Gasteiger partial charge in [0.2, 0.25) is 0 Å². The fourth-order valence-corrected chi connectivity index (χ4v) is 1.38. The highest BCUT2D eigenvalue weighted by atomic mass is 16.5. The number of methoxy groups -OCH3 is 1. The predicted molar refractivity (Wildman–Crippen MR) is 57.4 cm³/mol. The Morgan fingerprint density at radius 3 is 2.53 bits per heavy atom. The van der Waals surface area contributed by atoms with Crippen LogP contribution in [0.25, 0.3) is 0 Å². The van der Waals surface area contributed by atoms with E-state index in [-0.39, 0.29) is 12.2 Å². The van der Waals surface area contributed by atoms with Crippen molar-refractivity contribution in [2.75, 3.05) is 13.7 Å². The van der Waals surface area contributed by atoms with Gasteiger partial charge in [-0.25, -0.2) is 4.79 Å². The molecule has 0 saturated carbocycles. The minimum atomic E-state index is -0.488. The maximum atomic E-state index is 11.3. The van der Waals surface area contributed by atoms with Gasteiger partial charge in [0.1, 0.15) is 0 Å². The molecule has 0 fully saturated rings. The van der Waals surface area contributed by atoms with E-state index in [4.69, 9.17) is 0 Å². The van der Waals surface area contributed by atoms with Gasteiger partial charge in [0.15, 0.2) is 0 Å². The minimum absolute atomic E-state index is 0.155. The lowest BCUT2D eigenvalue weighted by Gasteiger charge is -2.15. The number of rotatable bonds is 4. The molecule has 1 aromatic rings. The minimum Gasteiger partial charge on any atom is -0.466 e. The molecule has 1 N–H and O–H groups in total. The van der Waals surface area contributed by atoms with Gasteiger partial charge >= 0.3 is 5.97 Å². The van der Waals surface area contributed by atoms with E-state index in [0.717, 1.165) is 5.56 Å². The molecule has 0 aliphatic rings. The molecule has 0 saturated heterocycles. The van der Waals surface area contributed by atoms with E-state index in [9.17, 15) is 9.90 Å². The van der Waals surface area contributed by atoms with Crippen molar-refractivity contribution < 1.29 is 14.6 Å². The second-order valence-electron chi connectivity index (χ2n) is 3.16. The van der Waals surface area contributed by atoms with Crippen molar-refractivity contribution in [2.24, 2.45) is 0 Å². The van der Waals surface area contributed by atoms with Crippen molar-refractivity contribution in [1.29, 1.82) is 0 Å². The Hall–Kier alpha value is -1.61. The molecule has 1 aromatic carbocycles. The van der Waals surface area contributed by atoms with Gasteiger partial charge in [-0.1, -0.05) is 36.9 Å². The first-order valence-corrected chi connectivity index (χ1v) is 4.63. The Balaban J connectivity index is 2.90. The van der Waals surface area contributed by atoms with E-state index in [1.165, 1.54) is 7.11 Å². The summed E-state index contributed by atoms with van der Waals surface area (Å²) >= 11 is 0. The van der Waals surface area contributed by atoms with Gasteiger partial charge < -0.3 is 9.84 Å². The van der Waals surface area contributed by atoms with Gasteiger partial charge in [0.25, 0.3) is 0 Å². The van der Waals surface area contributed by atoms with E-state index >= 15 is 0 Å². The van der Waals surface area contributed by atoms with Gasteiger partial charge in [0, 0.05) is 11.5 Å². The van der Waals surface area contributed by atoms with Crippen LogP contribution >= 0.6 is 0 Å². The monoisotopic (exact) mass is 206 g/mol. The molecule has 0 aliphatic carbocycles. The molecule has 80 valence electrons. The number of aliphatic hydroxyl groups excluding tert-OH is 1. The number of esters is 1. The molecular formula is C12H14O3. The van der Waals surface area contributed by atoms with Crippen LogP contribution in [0.4, 0.5) is 0 Å². The third-order valence-electron chi connectivity index (χ3n) is 2.25. The first-order valence-electron chi connectivity index (χ1n) is 4.63. The Kier molecular flexibility index (Phi) is 4.06. The van der Waals surface area contributed by atoms with Crippen molar-refractivity contribution in [3.8, 4) is 0 Å². The largest absolute Gasteiger partial charge is 0.466 e. The quantitative estimate of drug-likeness (QED) is 0.599. The van der Waals surface area contributed by atoms with Crippen LogP contribution in [0.1, 0.15) is 11.5 Å². The fraction of sp³-hybridized carbons (Fsp3) is 0.250. The van der Waals surface area contributed by atoms with Crippen LogP contribution in [0, 0.1) is 0 Å². The summed E-state index contributed by atoms with van der Waals surface area (Å²) in [4.78, 5) is 11.3. The maximum absolute atomic E-state index is 11.3. The van der Waals surface area contributed by atoms with Gasteiger partial charge in [-0.15, -0.1) is 0 Å². The molecule has 1 atom stereocenters. The lowest BCUT2D eigenvalue weighted by atomic mass is 9.93. The molecule has 15 heavy (non-hydrogen) atoms. The summed E-state index contributed by atoms with van der Waals surface area (Å²) in [7, 11) is 1.30. The number of benzene rings is 1. The fourth-order valence-electron chi connectivity index (χ4n) is 1.38. The SMILES string of the molecule is C=C(C(=O)OC)[C@H](CO)c1ccccc1. The average molecular weight is 206 g/mol. The maximum Gasteiger partial charge on any atom is 0.333 e. The van der Waals surface area contributed by atoms with Crippen LogP contribution in [0.3, 0.4) is 0 Å². The second-order valence-corrected chi connectivity index (χ2v) is 3.16. The zero-order chi connectivity index (χ0) is 11.3. The van der Waals surface area contributed by atoms with E-state index < -0.39 is 11.9 Å². The third kappa shape index (κ3) is 2.67. The van der Waals surface area contributed by atoms with Crippen molar-refractivity contribution >= 4 is 5.97 Å². The van der Waals surface area contributed by atoms with Crippen molar-refractivity contribution in [3.63, 3.8) is 0 Å². The molecule has 0 aliphatic heterocycles. The molecule has 0 amide bonds. The molecule has 0 heterocycles. The zero-order valence-corrected chi connectivity index (χ0v) is 8.64. The number of carbonyl (C=O) groups is 1. The zero-order valence-electron chi connectivity index (χ0n) is 8.64. The normalized spacial score (nSPS) is 11.9. The lowest BCUT2D eigenvalue weighted by molar-refractivity contribution is -0.136. The van der Waals surface area contributed by atoms with E-state index in [1.807, 2.05) is 30.3 Å².